The van der Waals surface area contributed by atoms with E-state index in [9.17, 15) is 4.79 Å². The first-order valence-electron chi connectivity index (χ1n) is 3.45. The minimum Gasteiger partial charge on any atom is -0.386 e. The fraction of sp³-hybridized carbons (Fsp3) is 0.625. The fourth-order valence-electron chi connectivity index (χ4n) is 0.519. The van der Waals surface area contributed by atoms with E-state index < -0.39 is 6.10 Å². The summed E-state index contributed by atoms with van der Waals surface area (Å²) in [5.74, 6) is -0.146. The van der Waals surface area contributed by atoms with Crippen LogP contribution < -0.4 is 0 Å². The van der Waals surface area contributed by atoms with Gasteiger partial charge in [-0.05, 0) is 13.3 Å². The largest absolute Gasteiger partial charge is 0.386 e. The predicted octanol–water partition coefficient (Wildman–Crippen LogP) is 1.29. The summed E-state index contributed by atoms with van der Waals surface area (Å²) in [6.45, 7) is 7.08. The smallest absolute Gasteiger partial charge is 0.164 e. The highest BCUT2D eigenvalue weighted by Gasteiger charge is 2.08. The number of rotatable bonds is 4. The van der Waals surface area contributed by atoms with Gasteiger partial charge >= 0.3 is 0 Å². The van der Waals surface area contributed by atoms with E-state index in [1.807, 2.05) is 6.92 Å². The van der Waals surface area contributed by atoms with E-state index in [4.69, 9.17) is 5.11 Å². The maximum atomic E-state index is 10.8. The lowest BCUT2D eigenvalue weighted by molar-refractivity contribution is -0.125. The van der Waals surface area contributed by atoms with E-state index in [0.717, 1.165) is 12.0 Å². The van der Waals surface area contributed by atoms with E-state index in [-0.39, 0.29) is 5.78 Å². The van der Waals surface area contributed by atoms with Gasteiger partial charge in [0, 0.05) is 6.42 Å². The van der Waals surface area contributed by atoms with Crippen LogP contribution in [0.15, 0.2) is 12.2 Å². The molecule has 10 heavy (non-hydrogen) atoms. The van der Waals surface area contributed by atoms with E-state index in [0.29, 0.717) is 6.42 Å². The van der Waals surface area contributed by atoms with Crippen LogP contribution in [0.5, 0.6) is 0 Å². The molecule has 0 fully saturated rings. The van der Waals surface area contributed by atoms with Crippen LogP contribution in [0.1, 0.15) is 26.7 Å². The van der Waals surface area contributed by atoms with Crippen LogP contribution >= 0.6 is 0 Å². The number of allylic oxidation sites excluding steroid dienone is 1. The maximum absolute atomic E-state index is 10.8. The van der Waals surface area contributed by atoms with Gasteiger partial charge in [0.15, 0.2) is 5.78 Å². The summed E-state index contributed by atoms with van der Waals surface area (Å²) >= 11 is 0. The molecule has 0 aromatic carbocycles. The molecule has 0 radical (unpaired) electrons. The second-order valence-corrected chi connectivity index (χ2v) is 2.42. The number of carbonyl (C=O) groups excluding carboxylic acids is 1. The molecule has 0 amide bonds. The van der Waals surface area contributed by atoms with Crippen molar-refractivity contribution in [1.29, 1.82) is 0 Å². The van der Waals surface area contributed by atoms with Crippen molar-refractivity contribution in [2.45, 2.75) is 32.8 Å². The molecule has 2 heteroatoms. The Hall–Kier alpha value is -0.630. The predicted molar refractivity (Wildman–Crippen MR) is 40.7 cm³/mol. The second-order valence-electron chi connectivity index (χ2n) is 2.42. The Morgan fingerprint density at radius 1 is 1.70 bits per heavy atom. The lowest BCUT2D eigenvalue weighted by Crippen LogP contribution is -2.15. The molecule has 0 spiro atoms. The van der Waals surface area contributed by atoms with Crippen LogP contribution in [0.4, 0.5) is 0 Å². The van der Waals surface area contributed by atoms with Gasteiger partial charge in [-0.2, -0.15) is 0 Å². The van der Waals surface area contributed by atoms with E-state index in [2.05, 4.69) is 6.58 Å². The van der Waals surface area contributed by atoms with Crippen molar-refractivity contribution in [3.63, 3.8) is 0 Å². The molecule has 0 saturated carbocycles. The van der Waals surface area contributed by atoms with Crippen molar-refractivity contribution < 1.29 is 9.90 Å². The molecule has 1 unspecified atom stereocenters. The third-order valence-corrected chi connectivity index (χ3v) is 1.39. The zero-order chi connectivity index (χ0) is 8.15. The second kappa shape index (κ2) is 4.23. The van der Waals surface area contributed by atoms with E-state index in [1.165, 1.54) is 6.92 Å². The number of carbonyl (C=O) groups is 1. The molecule has 0 rings (SSSR count). The highest BCUT2D eigenvalue weighted by molar-refractivity contribution is 5.84. The Kier molecular flexibility index (Phi) is 3.96. The van der Waals surface area contributed by atoms with Crippen LogP contribution in [0, 0.1) is 0 Å². The molecule has 0 saturated heterocycles. The summed E-state index contributed by atoms with van der Waals surface area (Å²) in [7, 11) is 0. The van der Waals surface area contributed by atoms with Gasteiger partial charge in [0.05, 0.1) is 0 Å². The lowest BCUT2D eigenvalue weighted by Gasteiger charge is -2.03. The Morgan fingerprint density at radius 2 is 2.20 bits per heavy atom. The highest BCUT2D eigenvalue weighted by Crippen LogP contribution is 2.04. The van der Waals surface area contributed by atoms with Crippen LogP contribution in [0.3, 0.4) is 0 Å². The van der Waals surface area contributed by atoms with Crippen LogP contribution in [-0.2, 0) is 4.79 Å². The zero-order valence-corrected chi connectivity index (χ0v) is 6.55. The number of aliphatic hydroxyl groups excluding tert-OH is 1. The fourth-order valence-corrected chi connectivity index (χ4v) is 0.519. The number of aliphatic hydroxyl groups is 1. The van der Waals surface area contributed by atoms with Gasteiger partial charge in [-0.3, -0.25) is 4.79 Å². The monoisotopic (exact) mass is 142 g/mol. The molecule has 0 aliphatic carbocycles. The third kappa shape index (κ3) is 3.41. The molecule has 0 bridgehead atoms. The Morgan fingerprint density at radius 3 is 2.50 bits per heavy atom. The van der Waals surface area contributed by atoms with Gasteiger partial charge in [-0.25, -0.2) is 0 Å². The number of Topliss-reactive ketones (excluding diaryl/α,β-unsaturated/α-hetero) is 1. The molecule has 0 aromatic rings. The summed E-state index contributed by atoms with van der Waals surface area (Å²) in [6.07, 6.45) is 0.274. The van der Waals surface area contributed by atoms with Crippen molar-refractivity contribution in [2.24, 2.45) is 0 Å². The van der Waals surface area contributed by atoms with Gasteiger partial charge < -0.3 is 5.11 Å². The minimum absolute atomic E-state index is 0.146. The Labute approximate surface area is 61.6 Å². The van der Waals surface area contributed by atoms with Crippen LogP contribution in [0.2, 0.25) is 0 Å². The maximum Gasteiger partial charge on any atom is 0.164 e. The summed E-state index contributed by atoms with van der Waals surface area (Å²) in [5.41, 5.74) is 0.880. The first kappa shape index (κ1) is 9.37. The zero-order valence-electron chi connectivity index (χ0n) is 6.55. The molecule has 1 N–H and O–H groups in total. The minimum atomic E-state index is -0.844. The molecule has 0 heterocycles. The average molecular weight is 142 g/mol. The normalized spacial score (nSPS) is 12.7. The summed E-state index contributed by atoms with van der Waals surface area (Å²) in [4.78, 5) is 10.8. The van der Waals surface area contributed by atoms with Crippen molar-refractivity contribution in [1.82, 2.24) is 0 Å². The van der Waals surface area contributed by atoms with Gasteiger partial charge in [-0.15, -0.1) is 0 Å². The van der Waals surface area contributed by atoms with Gasteiger partial charge in [0.2, 0.25) is 0 Å². The highest BCUT2D eigenvalue weighted by atomic mass is 16.3. The van der Waals surface area contributed by atoms with Gasteiger partial charge in [0.25, 0.3) is 0 Å². The molecule has 58 valence electrons. The number of hydrogen-bond donors (Lipinski definition) is 1. The molecule has 0 aromatic heterocycles. The molecular formula is C8H14O2. The van der Waals surface area contributed by atoms with E-state index >= 15 is 0 Å². The standard InChI is InChI=1S/C8H14O2/c1-4-6(2)5-8(10)7(3)9/h7,9H,2,4-5H2,1,3H3. The third-order valence-electron chi connectivity index (χ3n) is 1.39. The van der Waals surface area contributed by atoms with Crippen molar-refractivity contribution >= 4 is 5.78 Å². The lowest BCUT2D eigenvalue weighted by atomic mass is 10.1. The van der Waals surface area contributed by atoms with Crippen molar-refractivity contribution in [3.8, 4) is 0 Å². The van der Waals surface area contributed by atoms with E-state index in [1.54, 1.807) is 0 Å². The van der Waals surface area contributed by atoms with Crippen LogP contribution in [0.25, 0.3) is 0 Å². The quantitative estimate of drug-likeness (QED) is 0.600. The summed E-state index contributed by atoms with van der Waals surface area (Å²) in [6, 6.07) is 0. The average Bonchev–Trinajstić information content (AvgIpc) is 1.87. The Bertz CT molecular complexity index is 136. The number of ketones is 1. The molecule has 0 aliphatic rings. The first-order valence-corrected chi connectivity index (χ1v) is 3.45. The topological polar surface area (TPSA) is 37.3 Å². The molecule has 2 nitrogen and oxygen atoms in total. The van der Waals surface area contributed by atoms with Crippen molar-refractivity contribution in [2.75, 3.05) is 0 Å². The summed E-state index contributed by atoms with van der Waals surface area (Å²) < 4.78 is 0. The SMILES string of the molecule is C=C(CC)CC(=O)C(C)O. The van der Waals surface area contributed by atoms with Crippen LogP contribution in [-0.4, -0.2) is 17.0 Å². The number of hydrogen-bond acceptors (Lipinski definition) is 2. The van der Waals surface area contributed by atoms with Crippen molar-refractivity contribution in [3.05, 3.63) is 12.2 Å². The van der Waals surface area contributed by atoms with Gasteiger partial charge in [-0.1, -0.05) is 19.1 Å². The molecule has 1 atom stereocenters. The first-order chi connectivity index (χ1) is 4.57. The summed E-state index contributed by atoms with van der Waals surface area (Å²) in [5, 5.41) is 8.77. The molecular weight excluding hydrogens is 128 g/mol. The molecule has 0 aliphatic heterocycles. The van der Waals surface area contributed by atoms with Gasteiger partial charge in [0.1, 0.15) is 6.10 Å². The Balaban J connectivity index is 3.69.